The summed E-state index contributed by atoms with van der Waals surface area (Å²) >= 11 is 0. The number of para-hydroxylation sites is 1. The fraction of sp³-hybridized carbons (Fsp3) is 0.136. The first kappa shape index (κ1) is 18.2. The Bertz CT molecular complexity index is 970. The number of hydrogen-bond donors (Lipinski definition) is 2. The quantitative estimate of drug-likeness (QED) is 0.669. The van der Waals surface area contributed by atoms with Gasteiger partial charge >= 0.3 is 0 Å². The van der Waals surface area contributed by atoms with E-state index < -0.39 is 0 Å². The topological polar surface area (TPSA) is 77.8 Å². The van der Waals surface area contributed by atoms with Crippen LogP contribution in [-0.2, 0) is 0 Å². The summed E-state index contributed by atoms with van der Waals surface area (Å²) < 4.78 is 0. The highest BCUT2D eigenvalue weighted by molar-refractivity contribution is 6.03. The number of nitriles is 1. The SMILES string of the molecule is CC(C)c1ccccc1Nc1ccc(C(=O)Nc2ccc(C#N)cc2)nc1. The second-order valence-electron chi connectivity index (χ2n) is 6.44. The molecule has 1 heterocycles. The molecule has 5 heteroatoms. The van der Waals surface area contributed by atoms with Gasteiger partial charge in [-0.2, -0.15) is 5.26 Å². The largest absolute Gasteiger partial charge is 0.354 e. The van der Waals surface area contributed by atoms with Crippen LogP contribution in [0.25, 0.3) is 0 Å². The van der Waals surface area contributed by atoms with Gasteiger partial charge in [-0.3, -0.25) is 4.79 Å². The molecule has 5 nitrogen and oxygen atoms in total. The third kappa shape index (κ3) is 4.50. The van der Waals surface area contributed by atoms with Gasteiger partial charge in [0, 0.05) is 11.4 Å². The number of carbonyl (C=O) groups is 1. The fourth-order valence-electron chi connectivity index (χ4n) is 2.70. The first-order valence-electron chi connectivity index (χ1n) is 8.70. The molecule has 0 bridgehead atoms. The molecule has 1 aromatic heterocycles. The number of aromatic nitrogens is 1. The van der Waals surface area contributed by atoms with Crippen molar-refractivity contribution in [3.8, 4) is 6.07 Å². The van der Waals surface area contributed by atoms with E-state index in [4.69, 9.17) is 5.26 Å². The van der Waals surface area contributed by atoms with Crippen LogP contribution in [0.2, 0.25) is 0 Å². The zero-order valence-corrected chi connectivity index (χ0v) is 15.2. The van der Waals surface area contributed by atoms with Crippen molar-refractivity contribution in [3.05, 3.63) is 83.7 Å². The molecule has 0 unspecified atom stereocenters. The Morgan fingerprint density at radius 1 is 1.00 bits per heavy atom. The number of nitrogens with one attached hydrogen (secondary N) is 2. The highest BCUT2D eigenvalue weighted by Gasteiger charge is 2.09. The van der Waals surface area contributed by atoms with Gasteiger partial charge in [0.2, 0.25) is 0 Å². The molecule has 0 saturated heterocycles. The fourth-order valence-corrected chi connectivity index (χ4v) is 2.70. The molecule has 3 rings (SSSR count). The molecule has 1 amide bonds. The second-order valence-corrected chi connectivity index (χ2v) is 6.44. The molecule has 0 fully saturated rings. The molecule has 0 aliphatic carbocycles. The molecule has 0 radical (unpaired) electrons. The van der Waals surface area contributed by atoms with Crippen LogP contribution in [0.3, 0.4) is 0 Å². The minimum absolute atomic E-state index is 0.297. The van der Waals surface area contributed by atoms with Crippen LogP contribution in [0.1, 0.15) is 41.4 Å². The highest BCUT2D eigenvalue weighted by Crippen LogP contribution is 2.26. The normalized spacial score (nSPS) is 10.3. The molecule has 0 saturated carbocycles. The second kappa shape index (κ2) is 8.15. The van der Waals surface area contributed by atoms with E-state index in [1.807, 2.05) is 30.3 Å². The number of benzene rings is 2. The van der Waals surface area contributed by atoms with Gasteiger partial charge in [0.1, 0.15) is 5.69 Å². The summed E-state index contributed by atoms with van der Waals surface area (Å²) in [6, 6.07) is 20.4. The Balaban J connectivity index is 1.69. The Morgan fingerprint density at radius 2 is 1.70 bits per heavy atom. The Hall–Kier alpha value is -3.65. The van der Waals surface area contributed by atoms with Gasteiger partial charge in [0.05, 0.1) is 23.5 Å². The predicted molar refractivity (Wildman–Crippen MR) is 107 cm³/mol. The van der Waals surface area contributed by atoms with Crippen LogP contribution in [0.15, 0.2) is 66.9 Å². The number of carbonyl (C=O) groups excluding carboxylic acids is 1. The molecule has 27 heavy (non-hydrogen) atoms. The predicted octanol–water partition coefficient (Wildman–Crippen LogP) is 5.07. The summed E-state index contributed by atoms with van der Waals surface area (Å²) in [6.45, 7) is 4.30. The molecule has 0 aliphatic rings. The lowest BCUT2D eigenvalue weighted by molar-refractivity contribution is 0.102. The van der Waals surface area contributed by atoms with Crippen molar-refractivity contribution in [2.24, 2.45) is 0 Å². The van der Waals surface area contributed by atoms with Gasteiger partial charge in [-0.05, 0) is 53.9 Å². The van der Waals surface area contributed by atoms with Gasteiger partial charge in [0.15, 0.2) is 0 Å². The maximum atomic E-state index is 12.3. The van der Waals surface area contributed by atoms with Crippen molar-refractivity contribution in [2.45, 2.75) is 19.8 Å². The summed E-state index contributed by atoms with van der Waals surface area (Å²) in [7, 11) is 0. The molecule has 134 valence electrons. The summed E-state index contributed by atoms with van der Waals surface area (Å²) in [5.74, 6) is 0.105. The van der Waals surface area contributed by atoms with E-state index >= 15 is 0 Å². The monoisotopic (exact) mass is 356 g/mol. The zero-order valence-electron chi connectivity index (χ0n) is 15.2. The number of anilines is 3. The summed E-state index contributed by atoms with van der Waals surface area (Å²) in [5, 5.41) is 14.9. The lowest BCUT2D eigenvalue weighted by atomic mass is 10.0. The third-order valence-electron chi connectivity index (χ3n) is 4.13. The number of amides is 1. The molecule has 0 atom stereocenters. The molecule has 2 N–H and O–H groups in total. The first-order valence-corrected chi connectivity index (χ1v) is 8.70. The van der Waals surface area contributed by atoms with E-state index in [0.717, 1.165) is 11.4 Å². The van der Waals surface area contributed by atoms with E-state index in [9.17, 15) is 4.79 Å². The van der Waals surface area contributed by atoms with Crippen LogP contribution in [0.5, 0.6) is 0 Å². The maximum Gasteiger partial charge on any atom is 0.274 e. The molecule has 0 spiro atoms. The van der Waals surface area contributed by atoms with Crippen LogP contribution in [0, 0.1) is 11.3 Å². The average molecular weight is 356 g/mol. The smallest absolute Gasteiger partial charge is 0.274 e. The number of pyridine rings is 1. The summed E-state index contributed by atoms with van der Waals surface area (Å²) in [6.07, 6.45) is 1.64. The minimum atomic E-state index is -0.297. The number of rotatable bonds is 5. The number of nitrogens with zero attached hydrogens (tertiary/aromatic N) is 2. The van der Waals surface area contributed by atoms with E-state index in [2.05, 4.69) is 35.5 Å². The minimum Gasteiger partial charge on any atom is -0.354 e. The standard InChI is InChI=1S/C22H20N4O/c1-15(2)19-5-3-4-6-20(19)25-18-11-12-21(24-14-18)22(27)26-17-9-7-16(13-23)8-10-17/h3-12,14-15,25H,1-2H3,(H,26,27). The van der Waals surface area contributed by atoms with E-state index in [1.165, 1.54) is 5.56 Å². The Morgan fingerprint density at radius 3 is 2.33 bits per heavy atom. The summed E-state index contributed by atoms with van der Waals surface area (Å²) in [4.78, 5) is 16.6. The van der Waals surface area contributed by atoms with Crippen molar-refractivity contribution in [1.82, 2.24) is 4.98 Å². The molecular formula is C22H20N4O. The van der Waals surface area contributed by atoms with Gasteiger partial charge in [-0.1, -0.05) is 32.0 Å². The van der Waals surface area contributed by atoms with Gasteiger partial charge in [-0.25, -0.2) is 4.98 Å². The summed E-state index contributed by atoms with van der Waals surface area (Å²) in [5.41, 5.74) is 4.56. The average Bonchev–Trinajstić information content (AvgIpc) is 2.69. The van der Waals surface area contributed by atoms with Crippen LogP contribution < -0.4 is 10.6 Å². The van der Waals surface area contributed by atoms with Crippen LogP contribution in [-0.4, -0.2) is 10.9 Å². The lowest BCUT2D eigenvalue weighted by Crippen LogP contribution is -2.13. The highest BCUT2D eigenvalue weighted by atomic mass is 16.1. The Labute approximate surface area is 158 Å². The van der Waals surface area contributed by atoms with Gasteiger partial charge in [0.25, 0.3) is 5.91 Å². The van der Waals surface area contributed by atoms with E-state index in [1.54, 1.807) is 36.5 Å². The maximum absolute atomic E-state index is 12.3. The van der Waals surface area contributed by atoms with Crippen molar-refractivity contribution in [1.29, 1.82) is 5.26 Å². The van der Waals surface area contributed by atoms with Crippen molar-refractivity contribution in [3.63, 3.8) is 0 Å². The van der Waals surface area contributed by atoms with Crippen LogP contribution >= 0.6 is 0 Å². The molecule has 0 aliphatic heterocycles. The molecule has 3 aromatic rings. The zero-order chi connectivity index (χ0) is 19.2. The van der Waals surface area contributed by atoms with Crippen molar-refractivity contribution in [2.75, 3.05) is 10.6 Å². The van der Waals surface area contributed by atoms with Gasteiger partial charge < -0.3 is 10.6 Å². The molecular weight excluding hydrogens is 336 g/mol. The third-order valence-corrected chi connectivity index (χ3v) is 4.13. The number of hydrogen-bond acceptors (Lipinski definition) is 4. The van der Waals surface area contributed by atoms with Crippen molar-refractivity contribution < 1.29 is 4.79 Å². The van der Waals surface area contributed by atoms with E-state index in [0.29, 0.717) is 22.9 Å². The van der Waals surface area contributed by atoms with Gasteiger partial charge in [-0.15, -0.1) is 0 Å². The lowest BCUT2D eigenvalue weighted by Gasteiger charge is -2.14. The Kier molecular flexibility index (Phi) is 5.48. The van der Waals surface area contributed by atoms with Crippen LogP contribution in [0.4, 0.5) is 17.1 Å². The van der Waals surface area contributed by atoms with E-state index in [-0.39, 0.29) is 5.91 Å². The molecule has 2 aromatic carbocycles. The first-order chi connectivity index (χ1) is 13.1. The van der Waals surface area contributed by atoms with Crippen molar-refractivity contribution >= 4 is 23.0 Å².